The second kappa shape index (κ2) is 9.26. The molecule has 3 aromatic carbocycles. The lowest BCUT2D eigenvalue weighted by atomic mass is 10.1. The zero-order valence-electron chi connectivity index (χ0n) is 17.8. The Bertz CT molecular complexity index is 1200. The summed E-state index contributed by atoms with van der Waals surface area (Å²) in [5.74, 6) is 0.0880. The maximum absolute atomic E-state index is 13.0. The summed E-state index contributed by atoms with van der Waals surface area (Å²) >= 11 is 0. The van der Waals surface area contributed by atoms with E-state index >= 15 is 0 Å². The van der Waals surface area contributed by atoms with Gasteiger partial charge in [0.15, 0.2) is 5.71 Å². The molecule has 2 amide bonds. The van der Waals surface area contributed by atoms with Gasteiger partial charge in [-0.15, -0.1) is 5.10 Å². The Morgan fingerprint density at radius 1 is 1.03 bits per heavy atom. The minimum absolute atomic E-state index is 0.120. The van der Waals surface area contributed by atoms with Crippen LogP contribution in [0, 0.1) is 6.92 Å². The van der Waals surface area contributed by atoms with Crippen molar-refractivity contribution >= 4 is 35.1 Å². The second-order valence-corrected chi connectivity index (χ2v) is 7.29. The van der Waals surface area contributed by atoms with Gasteiger partial charge in [-0.25, -0.2) is 0 Å². The highest BCUT2D eigenvalue weighted by atomic mass is 16.5. The average Bonchev–Trinajstić information content (AvgIpc) is 3.07. The molecule has 4 rings (SSSR count). The third kappa shape index (κ3) is 4.57. The van der Waals surface area contributed by atoms with Crippen LogP contribution in [0.3, 0.4) is 0 Å². The second-order valence-electron chi connectivity index (χ2n) is 7.29. The molecule has 3 aromatic rings. The molecule has 160 valence electrons. The van der Waals surface area contributed by atoms with Crippen molar-refractivity contribution in [3.63, 3.8) is 0 Å². The van der Waals surface area contributed by atoms with Gasteiger partial charge in [0.25, 0.3) is 5.91 Å². The molecule has 0 saturated heterocycles. The van der Waals surface area contributed by atoms with Crippen molar-refractivity contribution in [2.24, 2.45) is 10.2 Å². The highest BCUT2D eigenvalue weighted by Crippen LogP contribution is 2.29. The Labute approximate surface area is 186 Å². The molecule has 7 nitrogen and oxygen atoms in total. The third-order valence-electron chi connectivity index (χ3n) is 5.02. The van der Waals surface area contributed by atoms with E-state index in [0.29, 0.717) is 16.9 Å². The first-order chi connectivity index (χ1) is 15.5. The summed E-state index contributed by atoms with van der Waals surface area (Å²) in [6.45, 7) is 1.86. The van der Waals surface area contributed by atoms with Crippen LogP contribution in [0.1, 0.15) is 16.7 Å². The van der Waals surface area contributed by atoms with Crippen LogP contribution in [0.25, 0.3) is 0 Å². The summed E-state index contributed by atoms with van der Waals surface area (Å²) in [6, 6.07) is 22.0. The van der Waals surface area contributed by atoms with Crippen LogP contribution in [0.5, 0.6) is 5.75 Å². The number of hydrogen-bond acceptors (Lipinski definition) is 5. The highest BCUT2D eigenvalue weighted by Gasteiger charge is 2.35. The van der Waals surface area contributed by atoms with Crippen LogP contribution < -0.4 is 15.0 Å². The van der Waals surface area contributed by atoms with E-state index in [1.165, 1.54) is 4.90 Å². The van der Waals surface area contributed by atoms with Crippen molar-refractivity contribution in [2.75, 3.05) is 23.9 Å². The number of carbonyl (C=O) groups excluding carboxylic acids is 2. The first-order valence-corrected chi connectivity index (χ1v) is 10.1. The number of ether oxygens (including phenoxy) is 1. The zero-order chi connectivity index (χ0) is 22.5. The molecular formula is C25H22N4O3. The first-order valence-electron chi connectivity index (χ1n) is 10.1. The van der Waals surface area contributed by atoms with Gasteiger partial charge in [-0.2, -0.15) is 5.10 Å². The standard InChI is InChI=1S/C25H22N4O3/c1-17-7-11-19(12-8-17)27-23(30)16-29-22-6-4-3-5-21(22)24(25(29)31)28-26-15-18-9-13-20(32-2)14-10-18/h3-15H,16H2,1-2H3,(H,27,30). The minimum atomic E-state index is -0.364. The van der Waals surface area contributed by atoms with Crippen molar-refractivity contribution in [1.29, 1.82) is 0 Å². The highest BCUT2D eigenvalue weighted by molar-refractivity contribution is 6.54. The van der Waals surface area contributed by atoms with Gasteiger partial charge in [0.05, 0.1) is 19.0 Å². The molecule has 1 N–H and O–H groups in total. The summed E-state index contributed by atoms with van der Waals surface area (Å²) < 4.78 is 5.14. The molecule has 1 aliphatic rings. The van der Waals surface area contributed by atoms with Crippen molar-refractivity contribution in [2.45, 2.75) is 6.92 Å². The Balaban J connectivity index is 1.52. The van der Waals surface area contributed by atoms with E-state index in [4.69, 9.17) is 4.74 Å². The molecule has 0 radical (unpaired) electrons. The molecule has 0 aromatic heterocycles. The number of nitrogens with one attached hydrogen (secondary N) is 1. The van der Waals surface area contributed by atoms with Gasteiger partial charge in [-0.05, 0) is 55.0 Å². The fourth-order valence-corrected chi connectivity index (χ4v) is 3.34. The Hall–Kier alpha value is -4.26. The topological polar surface area (TPSA) is 83.4 Å². The molecule has 0 saturated carbocycles. The molecular weight excluding hydrogens is 404 g/mol. The van der Waals surface area contributed by atoms with E-state index in [9.17, 15) is 9.59 Å². The van der Waals surface area contributed by atoms with Crippen molar-refractivity contribution in [3.8, 4) is 5.75 Å². The molecule has 1 aliphatic heterocycles. The molecule has 0 aliphatic carbocycles. The maximum atomic E-state index is 13.0. The number of carbonyl (C=O) groups is 2. The van der Waals surface area contributed by atoms with Gasteiger partial charge >= 0.3 is 0 Å². The molecule has 0 atom stereocenters. The fourth-order valence-electron chi connectivity index (χ4n) is 3.34. The minimum Gasteiger partial charge on any atom is -0.497 e. The molecule has 0 fully saturated rings. The molecule has 1 heterocycles. The van der Waals surface area contributed by atoms with E-state index < -0.39 is 0 Å². The average molecular weight is 426 g/mol. The van der Waals surface area contributed by atoms with Crippen molar-refractivity contribution in [1.82, 2.24) is 0 Å². The normalized spacial score (nSPS) is 14.1. The Morgan fingerprint density at radius 2 is 1.75 bits per heavy atom. The third-order valence-corrected chi connectivity index (χ3v) is 5.02. The van der Waals surface area contributed by atoms with E-state index in [1.54, 1.807) is 25.5 Å². The first kappa shape index (κ1) is 21.0. The largest absolute Gasteiger partial charge is 0.497 e. The molecule has 0 spiro atoms. The van der Waals surface area contributed by atoms with Crippen molar-refractivity contribution < 1.29 is 14.3 Å². The number of anilines is 2. The number of para-hydroxylation sites is 1. The van der Waals surface area contributed by atoms with Gasteiger partial charge in [0.2, 0.25) is 5.91 Å². The fraction of sp³-hybridized carbons (Fsp3) is 0.120. The van der Waals surface area contributed by atoms with E-state index in [1.807, 2.05) is 67.6 Å². The van der Waals surface area contributed by atoms with Gasteiger partial charge in [0.1, 0.15) is 12.3 Å². The molecule has 0 bridgehead atoms. The summed E-state index contributed by atoms with van der Waals surface area (Å²) in [7, 11) is 1.60. The summed E-state index contributed by atoms with van der Waals surface area (Å²) in [5.41, 5.74) is 4.08. The lowest BCUT2D eigenvalue weighted by molar-refractivity contribution is -0.118. The van der Waals surface area contributed by atoms with Crippen LogP contribution in [0.15, 0.2) is 83.0 Å². The molecule has 32 heavy (non-hydrogen) atoms. The number of amides is 2. The van der Waals surface area contributed by atoms with Gasteiger partial charge in [-0.1, -0.05) is 35.9 Å². The molecule has 0 unspecified atom stereocenters. The Morgan fingerprint density at radius 3 is 2.47 bits per heavy atom. The van der Waals surface area contributed by atoms with Gasteiger partial charge in [0, 0.05) is 11.3 Å². The predicted molar refractivity (Wildman–Crippen MR) is 126 cm³/mol. The quantitative estimate of drug-likeness (QED) is 0.481. The number of hydrogen-bond donors (Lipinski definition) is 1. The van der Waals surface area contributed by atoms with Crippen LogP contribution in [0.4, 0.5) is 11.4 Å². The van der Waals surface area contributed by atoms with Crippen LogP contribution >= 0.6 is 0 Å². The van der Waals surface area contributed by atoms with Gasteiger partial charge in [-0.3, -0.25) is 14.5 Å². The summed E-state index contributed by atoms with van der Waals surface area (Å²) in [6.07, 6.45) is 1.56. The summed E-state index contributed by atoms with van der Waals surface area (Å²) in [4.78, 5) is 27.0. The Kier molecular flexibility index (Phi) is 6.07. The van der Waals surface area contributed by atoms with Crippen LogP contribution in [-0.4, -0.2) is 37.4 Å². The maximum Gasteiger partial charge on any atom is 0.279 e. The number of rotatable bonds is 6. The lowest BCUT2D eigenvalue weighted by Crippen LogP contribution is -2.37. The number of benzene rings is 3. The number of fused-ring (bicyclic) bond motifs is 1. The van der Waals surface area contributed by atoms with E-state index in [0.717, 1.165) is 16.9 Å². The van der Waals surface area contributed by atoms with Crippen molar-refractivity contribution in [3.05, 3.63) is 89.5 Å². The number of methoxy groups -OCH3 is 1. The van der Waals surface area contributed by atoms with E-state index in [2.05, 4.69) is 15.5 Å². The van der Waals surface area contributed by atoms with Crippen LogP contribution in [0.2, 0.25) is 0 Å². The van der Waals surface area contributed by atoms with E-state index in [-0.39, 0.29) is 24.1 Å². The SMILES string of the molecule is COc1ccc(C=NN=C2C(=O)N(CC(=O)Nc3ccc(C)cc3)c3ccccc32)cc1. The summed E-state index contributed by atoms with van der Waals surface area (Å²) in [5, 5.41) is 11.1. The van der Waals surface area contributed by atoms with Crippen LogP contribution in [-0.2, 0) is 9.59 Å². The van der Waals surface area contributed by atoms with Gasteiger partial charge < -0.3 is 10.1 Å². The molecule has 7 heteroatoms. The monoisotopic (exact) mass is 426 g/mol. The number of aryl methyl sites for hydroxylation is 1. The predicted octanol–water partition coefficient (Wildman–Crippen LogP) is 3.81. The smallest absolute Gasteiger partial charge is 0.279 e. The zero-order valence-corrected chi connectivity index (χ0v) is 17.8. The lowest BCUT2D eigenvalue weighted by Gasteiger charge is -2.16. The number of nitrogens with zero attached hydrogens (tertiary/aromatic N) is 3.